The Labute approximate surface area is 196 Å². The highest BCUT2D eigenvalue weighted by Crippen LogP contribution is 2.13. The molecular formula is C24H28N2O8. The number of carboxylic acids is 4. The highest BCUT2D eigenvalue weighted by atomic mass is 16.4. The van der Waals surface area contributed by atoms with E-state index in [0.29, 0.717) is 11.1 Å². The van der Waals surface area contributed by atoms with Crippen molar-refractivity contribution >= 4 is 23.9 Å². The molecule has 0 amide bonds. The normalized spacial score (nSPS) is 12.9. The van der Waals surface area contributed by atoms with Gasteiger partial charge in [0.2, 0.25) is 0 Å². The summed E-state index contributed by atoms with van der Waals surface area (Å²) in [6.07, 6.45) is 0.0729. The molecule has 0 fully saturated rings. The molecule has 0 saturated carbocycles. The molecule has 0 heterocycles. The Bertz CT molecular complexity index is 888. The fourth-order valence-electron chi connectivity index (χ4n) is 3.71. The second-order valence-corrected chi connectivity index (χ2v) is 7.82. The van der Waals surface area contributed by atoms with Crippen molar-refractivity contribution in [1.29, 1.82) is 0 Å². The zero-order valence-electron chi connectivity index (χ0n) is 18.5. The Kier molecular flexibility index (Phi) is 10.2. The van der Waals surface area contributed by atoms with Crippen LogP contribution < -0.4 is 0 Å². The van der Waals surface area contributed by atoms with Gasteiger partial charge in [0.1, 0.15) is 12.1 Å². The first-order valence-corrected chi connectivity index (χ1v) is 10.6. The fourth-order valence-corrected chi connectivity index (χ4v) is 3.71. The first kappa shape index (κ1) is 26.5. The summed E-state index contributed by atoms with van der Waals surface area (Å²) in [5.74, 6) is -4.95. The molecule has 182 valence electrons. The molecule has 10 nitrogen and oxygen atoms in total. The molecule has 34 heavy (non-hydrogen) atoms. The lowest BCUT2D eigenvalue weighted by Crippen LogP contribution is -2.52. The number of carbonyl (C=O) groups is 4. The van der Waals surface area contributed by atoms with Crippen LogP contribution in [0.25, 0.3) is 0 Å². The number of benzene rings is 2. The van der Waals surface area contributed by atoms with Crippen molar-refractivity contribution in [3.05, 3.63) is 71.8 Å². The monoisotopic (exact) mass is 472 g/mol. The van der Waals surface area contributed by atoms with Crippen LogP contribution in [0, 0.1) is 0 Å². The average molecular weight is 472 g/mol. The van der Waals surface area contributed by atoms with Crippen LogP contribution in [0.15, 0.2) is 60.7 Å². The van der Waals surface area contributed by atoms with Gasteiger partial charge in [0.25, 0.3) is 0 Å². The summed E-state index contributed by atoms with van der Waals surface area (Å²) in [4.78, 5) is 49.3. The SMILES string of the molecule is O=C(O)CN(CCN(CC(=O)O)C(Cc1ccccc1)C(=O)O)C(Cc1ccccc1)C(=O)O. The van der Waals surface area contributed by atoms with Crippen molar-refractivity contribution < 1.29 is 39.6 Å². The van der Waals surface area contributed by atoms with Gasteiger partial charge >= 0.3 is 23.9 Å². The predicted molar refractivity (Wildman–Crippen MR) is 122 cm³/mol. The van der Waals surface area contributed by atoms with Gasteiger partial charge in [-0.2, -0.15) is 0 Å². The van der Waals surface area contributed by atoms with Crippen molar-refractivity contribution in [2.45, 2.75) is 24.9 Å². The molecule has 0 aliphatic rings. The first-order chi connectivity index (χ1) is 16.2. The lowest BCUT2D eigenvalue weighted by Gasteiger charge is -2.32. The van der Waals surface area contributed by atoms with Gasteiger partial charge in [-0.15, -0.1) is 0 Å². The second-order valence-electron chi connectivity index (χ2n) is 7.82. The molecule has 10 heteroatoms. The van der Waals surface area contributed by atoms with Crippen LogP contribution >= 0.6 is 0 Å². The maximum Gasteiger partial charge on any atom is 0.321 e. The van der Waals surface area contributed by atoms with Crippen molar-refractivity contribution in [3.63, 3.8) is 0 Å². The fraction of sp³-hybridized carbons (Fsp3) is 0.333. The van der Waals surface area contributed by atoms with E-state index in [4.69, 9.17) is 0 Å². The summed E-state index contributed by atoms with van der Waals surface area (Å²) >= 11 is 0. The molecule has 2 atom stereocenters. The Morgan fingerprint density at radius 1 is 0.588 bits per heavy atom. The third-order valence-electron chi connectivity index (χ3n) is 5.35. The highest BCUT2D eigenvalue weighted by Gasteiger charge is 2.31. The van der Waals surface area contributed by atoms with Gasteiger partial charge in [-0.05, 0) is 24.0 Å². The van der Waals surface area contributed by atoms with Gasteiger partial charge < -0.3 is 20.4 Å². The van der Waals surface area contributed by atoms with Gasteiger partial charge in [-0.1, -0.05) is 60.7 Å². The summed E-state index contributed by atoms with van der Waals surface area (Å²) in [5.41, 5.74) is 1.39. The van der Waals surface area contributed by atoms with E-state index in [1.807, 2.05) is 0 Å². The summed E-state index contributed by atoms with van der Waals surface area (Å²) in [6, 6.07) is 15.0. The number of rotatable bonds is 15. The second kappa shape index (κ2) is 13.1. The van der Waals surface area contributed by atoms with Gasteiger partial charge in [0, 0.05) is 13.1 Å². The average Bonchev–Trinajstić information content (AvgIpc) is 2.78. The van der Waals surface area contributed by atoms with E-state index in [0.717, 1.165) is 0 Å². The number of hydrogen-bond acceptors (Lipinski definition) is 6. The van der Waals surface area contributed by atoms with E-state index < -0.39 is 49.1 Å². The molecular weight excluding hydrogens is 444 g/mol. The van der Waals surface area contributed by atoms with Gasteiger partial charge in [0.15, 0.2) is 0 Å². The lowest BCUT2D eigenvalue weighted by atomic mass is 10.0. The number of carboxylic acid groups (broad SMARTS) is 4. The molecule has 0 saturated heterocycles. The maximum atomic E-state index is 12.0. The van der Waals surface area contributed by atoms with E-state index in [9.17, 15) is 39.6 Å². The van der Waals surface area contributed by atoms with Crippen molar-refractivity contribution in [2.75, 3.05) is 26.2 Å². The van der Waals surface area contributed by atoms with Crippen LogP contribution in [0.5, 0.6) is 0 Å². The Hall–Kier alpha value is -3.76. The van der Waals surface area contributed by atoms with Gasteiger partial charge in [-0.3, -0.25) is 29.0 Å². The predicted octanol–water partition coefficient (Wildman–Crippen LogP) is 1.15. The van der Waals surface area contributed by atoms with Crippen molar-refractivity contribution in [3.8, 4) is 0 Å². The summed E-state index contributed by atoms with van der Waals surface area (Å²) in [7, 11) is 0. The number of nitrogens with zero attached hydrogens (tertiary/aromatic N) is 2. The smallest absolute Gasteiger partial charge is 0.321 e. The molecule has 4 N–H and O–H groups in total. The van der Waals surface area contributed by atoms with Gasteiger partial charge in [0.05, 0.1) is 13.1 Å². The topological polar surface area (TPSA) is 156 Å². The number of hydrogen-bond donors (Lipinski definition) is 4. The summed E-state index contributed by atoms with van der Waals surface area (Å²) < 4.78 is 0. The molecule has 0 aromatic heterocycles. The Morgan fingerprint density at radius 3 is 1.18 bits per heavy atom. The van der Waals surface area contributed by atoms with E-state index in [2.05, 4.69) is 0 Å². The first-order valence-electron chi connectivity index (χ1n) is 10.6. The van der Waals surface area contributed by atoms with Gasteiger partial charge in [-0.25, -0.2) is 0 Å². The third-order valence-corrected chi connectivity index (χ3v) is 5.35. The summed E-state index contributed by atoms with van der Waals surface area (Å²) in [5, 5.41) is 38.3. The van der Waals surface area contributed by atoms with Crippen LogP contribution in [0.2, 0.25) is 0 Å². The molecule has 0 radical (unpaired) electrons. The number of aliphatic carboxylic acids is 4. The van der Waals surface area contributed by atoms with Crippen LogP contribution in [0.3, 0.4) is 0 Å². The van der Waals surface area contributed by atoms with Crippen LogP contribution in [-0.2, 0) is 32.0 Å². The summed E-state index contributed by atoms with van der Waals surface area (Å²) in [6.45, 7) is -1.49. The molecule has 2 aromatic carbocycles. The van der Waals surface area contributed by atoms with E-state index in [1.54, 1.807) is 60.7 Å². The Balaban J connectivity index is 2.25. The molecule has 0 bridgehead atoms. The largest absolute Gasteiger partial charge is 0.480 e. The van der Waals surface area contributed by atoms with E-state index in [-0.39, 0.29) is 25.9 Å². The third kappa shape index (κ3) is 8.64. The molecule has 2 rings (SSSR count). The van der Waals surface area contributed by atoms with Crippen LogP contribution in [-0.4, -0.2) is 92.4 Å². The quantitative estimate of drug-likeness (QED) is 0.297. The van der Waals surface area contributed by atoms with Crippen LogP contribution in [0.1, 0.15) is 11.1 Å². The highest BCUT2D eigenvalue weighted by molar-refractivity contribution is 5.77. The minimum Gasteiger partial charge on any atom is -0.480 e. The molecule has 0 aliphatic carbocycles. The lowest BCUT2D eigenvalue weighted by molar-refractivity contribution is -0.150. The van der Waals surface area contributed by atoms with E-state index >= 15 is 0 Å². The molecule has 2 unspecified atom stereocenters. The molecule has 2 aromatic rings. The molecule has 0 aliphatic heterocycles. The minimum absolute atomic E-state index is 0.0365. The molecule has 0 spiro atoms. The standard InChI is InChI=1S/C24H28N2O8/c27-21(28)15-25(19(23(31)32)13-17-7-3-1-4-8-17)11-12-26(16-22(29)30)20(24(33)34)14-18-9-5-2-6-10-18/h1-10,19-20H,11-16H2,(H,27,28)(H,29,30)(H,31,32)(H,33,34). The minimum atomic E-state index is -1.25. The van der Waals surface area contributed by atoms with E-state index in [1.165, 1.54) is 9.80 Å². The zero-order chi connectivity index (χ0) is 25.1. The van der Waals surface area contributed by atoms with Crippen LogP contribution in [0.4, 0.5) is 0 Å². The van der Waals surface area contributed by atoms with Crippen molar-refractivity contribution in [1.82, 2.24) is 9.80 Å². The zero-order valence-corrected chi connectivity index (χ0v) is 18.5. The maximum absolute atomic E-state index is 12.0. The Morgan fingerprint density at radius 2 is 0.912 bits per heavy atom. The van der Waals surface area contributed by atoms with Crippen molar-refractivity contribution in [2.24, 2.45) is 0 Å².